The Morgan fingerprint density at radius 3 is 2.78 bits per heavy atom. The molecule has 1 aromatic heterocycles. The van der Waals surface area contributed by atoms with E-state index in [1.165, 1.54) is 0 Å². The fraction of sp³-hybridized carbons (Fsp3) is 0.333. The van der Waals surface area contributed by atoms with Gasteiger partial charge in [0.05, 0.1) is 13.2 Å². The highest BCUT2D eigenvalue weighted by Crippen LogP contribution is 2.32. The lowest BCUT2D eigenvalue weighted by Crippen LogP contribution is -2.31. The Kier molecular flexibility index (Phi) is 4.76. The number of hydrogen-bond donors (Lipinski definition) is 0. The van der Waals surface area contributed by atoms with E-state index in [1.54, 1.807) is 18.2 Å². The van der Waals surface area contributed by atoms with Gasteiger partial charge in [-0.1, -0.05) is 36.4 Å². The highest BCUT2D eigenvalue weighted by Gasteiger charge is 2.31. The Bertz CT molecular complexity index is 643. The van der Waals surface area contributed by atoms with E-state index < -0.39 is 0 Å². The van der Waals surface area contributed by atoms with Gasteiger partial charge in [0.1, 0.15) is 6.61 Å². The average molecular weight is 312 g/mol. The Hall–Kier alpha value is -2.56. The van der Waals surface area contributed by atoms with Gasteiger partial charge in [0.15, 0.2) is 0 Å². The van der Waals surface area contributed by atoms with Crippen molar-refractivity contribution in [2.24, 2.45) is 0 Å². The number of benzene rings is 1. The molecule has 0 bridgehead atoms. The molecule has 0 spiro atoms. The Labute approximate surface area is 135 Å². The summed E-state index contributed by atoms with van der Waals surface area (Å²) in [4.78, 5) is 18.4. The molecule has 1 fully saturated rings. The molecule has 1 aliphatic rings. The standard InChI is InChI=1S/C18H20N2O3/c1-22-17-10-9-15(12-19-17)16-8-5-11-20(16)18(21)23-13-14-6-3-2-4-7-14/h2-4,6-7,9-10,12,16H,5,8,11,13H2,1H3/t16-/m1/s1. The number of carbonyl (C=O) groups excluding carboxylic acids is 1. The van der Waals surface area contributed by atoms with Crippen molar-refractivity contribution in [2.45, 2.75) is 25.5 Å². The van der Waals surface area contributed by atoms with Crippen LogP contribution in [0.15, 0.2) is 48.7 Å². The maximum Gasteiger partial charge on any atom is 0.410 e. The SMILES string of the molecule is COc1ccc([C@H]2CCCN2C(=O)OCc2ccccc2)cn1. The van der Waals surface area contributed by atoms with Crippen LogP contribution in [0, 0.1) is 0 Å². The second-order valence-electron chi connectivity index (χ2n) is 5.53. The van der Waals surface area contributed by atoms with Crippen molar-refractivity contribution in [1.82, 2.24) is 9.88 Å². The average Bonchev–Trinajstić information content (AvgIpc) is 3.10. The third-order valence-electron chi connectivity index (χ3n) is 4.05. The van der Waals surface area contributed by atoms with Crippen LogP contribution in [-0.4, -0.2) is 29.6 Å². The monoisotopic (exact) mass is 312 g/mol. The third-order valence-corrected chi connectivity index (χ3v) is 4.05. The van der Waals surface area contributed by atoms with Crippen molar-refractivity contribution in [2.75, 3.05) is 13.7 Å². The molecule has 1 aliphatic heterocycles. The molecular formula is C18H20N2O3. The number of likely N-dealkylation sites (tertiary alicyclic amines) is 1. The summed E-state index contributed by atoms with van der Waals surface area (Å²) in [6, 6.07) is 13.5. The first-order chi connectivity index (χ1) is 11.3. The number of methoxy groups -OCH3 is 1. The van der Waals surface area contributed by atoms with Crippen molar-refractivity contribution in [1.29, 1.82) is 0 Å². The molecule has 5 nitrogen and oxygen atoms in total. The molecule has 0 aliphatic carbocycles. The quantitative estimate of drug-likeness (QED) is 0.866. The van der Waals surface area contributed by atoms with Gasteiger partial charge >= 0.3 is 6.09 Å². The summed E-state index contributed by atoms with van der Waals surface area (Å²) in [6.45, 7) is 1.01. The van der Waals surface area contributed by atoms with Gasteiger partial charge in [-0.15, -0.1) is 0 Å². The smallest absolute Gasteiger partial charge is 0.410 e. The van der Waals surface area contributed by atoms with Gasteiger partial charge in [-0.2, -0.15) is 0 Å². The molecular weight excluding hydrogens is 292 g/mol. The molecule has 2 heterocycles. The van der Waals surface area contributed by atoms with Crippen LogP contribution in [0.4, 0.5) is 4.79 Å². The van der Waals surface area contributed by atoms with Crippen molar-refractivity contribution in [3.8, 4) is 5.88 Å². The first-order valence-corrected chi connectivity index (χ1v) is 7.75. The molecule has 0 radical (unpaired) electrons. The zero-order valence-electron chi connectivity index (χ0n) is 13.1. The lowest BCUT2D eigenvalue weighted by atomic mass is 10.1. The summed E-state index contributed by atoms with van der Waals surface area (Å²) in [5.74, 6) is 0.574. The van der Waals surface area contributed by atoms with Gasteiger partial charge in [-0.3, -0.25) is 0 Å². The molecule has 1 amide bonds. The Morgan fingerprint density at radius 1 is 1.26 bits per heavy atom. The zero-order valence-corrected chi connectivity index (χ0v) is 13.1. The van der Waals surface area contributed by atoms with Gasteiger partial charge in [0, 0.05) is 18.8 Å². The van der Waals surface area contributed by atoms with Crippen LogP contribution in [-0.2, 0) is 11.3 Å². The molecule has 0 N–H and O–H groups in total. The van der Waals surface area contributed by atoms with E-state index in [-0.39, 0.29) is 12.1 Å². The van der Waals surface area contributed by atoms with Gasteiger partial charge < -0.3 is 14.4 Å². The Balaban J connectivity index is 1.64. The summed E-state index contributed by atoms with van der Waals surface area (Å²) in [6.07, 6.45) is 3.39. The molecule has 120 valence electrons. The van der Waals surface area contributed by atoms with E-state index in [0.29, 0.717) is 19.0 Å². The van der Waals surface area contributed by atoms with Crippen molar-refractivity contribution in [3.63, 3.8) is 0 Å². The predicted octanol–water partition coefficient (Wildman–Crippen LogP) is 3.56. The second-order valence-corrected chi connectivity index (χ2v) is 5.53. The Morgan fingerprint density at radius 2 is 2.09 bits per heavy atom. The van der Waals surface area contributed by atoms with Crippen molar-refractivity contribution >= 4 is 6.09 Å². The number of ether oxygens (including phenoxy) is 2. The van der Waals surface area contributed by atoms with Crippen LogP contribution in [0.2, 0.25) is 0 Å². The van der Waals surface area contributed by atoms with Crippen LogP contribution in [0.1, 0.15) is 30.0 Å². The van der Waals surface area contributed by atoms with Gasteiger partial charge in [0.2, 0.25) is 5.88 Å². The number of nitrogens with zero attached hydrogens (tertiary/aromatic N) is 2. The van der Waals surface area contributed by atoms with E-state index in [0.717, 1.165) is 24.0 Å². The molecule has 2 aromatic rings. The second kappa shape index (κ2) is 7.13. The minimum Gasteiger partial charge on any atom is -0.481 e. The highest BCUT2D eigenvalue weighted by atomic mass is 16.6. The number of carbonyl (C=O) groups is 1. The first kappa shape index (κ1) is 15.3. The first-order valence-electron chi connectivity index (χ1n) is 7.75. The zero-order chi connectivity index (χ0) is 16.1. The van der Waals surface area contributed by atoms with Gasteiger partial charge in [-0.05, 0) is 24.0 Å². The summed E-state index contributed by atoms with van der Waals surface area (Å²) in [5.41, 5.74) is 2.00. The van der Waals surface area contributed by atoms with Crippen LogP contribution < -0.4 is 4.74 Å². The predicted molar refractivity (Wildman–Crippen MR) is 86.1 cm³/mol. The molecule has 1 saturated heterocycles. The number of aromatic nitrogens is 1. The summed E-state index contributed by atoms with van der Waals surface area (Å²) in [7, 11) is 1.59. The minimum absolute atomic E-state index is 0.0247. The summed E-state index contributed by atoms with van der Waals surface area (Å²) >= 11 is 0. The molecule has 0 unspecified atom stereocenters. The van der Waals surface area contributed by atoms with Crippen LogP contribution in [0.25, 0.3) is 0 Å². The highest BCUT2D eigenvalue weighted by molar-refractivity contribution is 5.68. The molecule has 0 saturated carbocycles. The maximum absolute atomic E-state index is 12.4. The lowest BCUT2D eigenvalue weighted by molar-refractivity contribution is 0.0920. The number of pyridine rings is 1. The number of rotatable bonds is 4. The third kappa shape index (κ3) is 3.62. The van der Waals surface area contributed by atoms with Crippen molar-refractivity contribution in [3.05, 3.63) is 59.8 Å². The summed E-state index contributed by atoms with van der Waals surface area (Å²) < 4.78 is 10.5. The molecule has 3 rings (SSSR count). The molecule has 23 heavy (non-hydrogen) atoms. The lowest BCUT2D eigenvalue weighted by Gasteiger charge is -2.24. The van der Waals surface area contributed by atoms with E-state index in [1.807, 2.05) is 42.5 Å². The molecule has 1 atom stereocenters. The number of amides is 1. The van der Waals surface area contributed by atoms with Crippen LogP contribution >= 0.6 is 0 Å². The van der Waals surface area contributed by atoms with E-state index in [4.69, 9.17) is 9.47 Å². The van der Waals surface area contributed by atoms with E-state index >= 15 is 0 Å². The largest absolute Gasteiger partial charge is 0.481 e. The molecule has 1 aromatic carbocycles. The summed E-state index contributed by atoms with van der Waals surface area (Å²) in [5, 5.41) is 0. The van der Waals surface area contributed by atoms with Crippen molar-refractivity contribution < 1.29 is 14.3 Å². The maximum atomic E-state index is 12.4. The normalized spacial score (nSPS) is 17.1. The topological polar surface area (TPSA) is 51.7 Å². The fourth-order valence-electron chi connectivity index (χ4n) is 2.84. The van der Waals surface area contributed by atoms with E-state index in [9.17, 15) is 4.79 Å². The van der Waals surface area contributed by atoms with E-state index in [2.05, 4.69) is 4.98 Å². The molecule has 5 heteroatoms. The van der Waals surface area contributed by atoms with Crippen LogP contribution in [0.3, 0.4) is 0 Å². The van der Waals surface area contributed by atoms with Gasteiger partial charge in [0.25, 0.3) is 0 Å². The fourth-order valence-corrected chi connectivity index (χ4v) is 2.84. The minimum atomic E-state index is -0.271. The van der Waals surface area contributed by atoms with Gasteiger partial charge in [-0.25, -0.2) is 9.78 Å². The van der Waals surface area contributed by atoms with Crippen LogP contribution in [0.5, 0.6) is 5.88 Å². The number of hydrogen-bond acceptors (Lipinski definition) is 4.